The summed E-state index contributed by atoms with van der Waals surface area (Å²) < 4.78 is 0. The molecule has 0 radical (unpaired) electrons. The monoisotopic (exact) mass is 299 g/mol. The van der Waals surface area contributed by atoms with E-state index in [0.29, 0.717) is 19.5 Å². The number of carbonyl (C=O) groups excluding carboxylic acids is 1. The number of piperidine rings is 1. The topological polar surface area (TPSA) is 72.9 Å². The highest BCUT2D eigenvalue weighted by Crippen LogP contribution is 2.29. The molecule has 1 unspecified atom stereocenters. The number of carboxylic acid groups (broad SMARTS) is 1. The number of nitrogens with zero attached hydrogens (tertiary/aromatic N) is 2. The average Bonchev–Trinajstić information content (AvgIpc) is 2.34. The molecule has 1 heterocycles. The molecule has 0 saturated carbocycles. The third kappa shape index (κ3) is 5.19. The van der Waals surface area contributed by atoms with Gasteiger partial charge in [0, 0.05) is 26.2 Å². The number of amides is 2. The number of hydrogen-bond donors (Lipinski definition) is 2. The molecule has 0 aromatic rings. The second-order valence-corrected chi connectivity index (χ2v) is 7.45. The molecule has 1 aliphatic heterocycles. The van der Waals surface area contributed by atoms with Crippen LogP contribution in [0.3, 0.4) is 0 Å². The van der Waals surface area contributed by atoms with Gasteiger partial charge in [0.2, 0.25) is 0 Å². The smallest absolute Gasteiger partial charge is 0.317 e. The van der Waals surface area contributed by atoms with Crippen molar-refractivity contribution in [2.75, 3.05) is 40.3 Å². The maximum atomic E-state index is 12.2. The molecule has 21 heavy (non-hydrogen) atoms. The van der Waals surface area contributed by atoms with E-state index in [0.717, 1.165) is 13.0 Å². The Balaban J connectivity index is 2.54. The lowest BCUT2D eigenvalue weighted by atomic mass is 9.82. The van der Waals surface area contributed by atoms with E-state index in [9.17, 15) is 14.7 Å². The van der Waals surface area contributed by atoms with Crippen LogP contribution in [0.5, 0.6) is 0 Å². The Hall–Kier alpha value is -1.30. The van der Waals surface area contributed by atoms with Crippen molar-refractivity contribution in [1.82, 2.24) is 15.1 Å². The molecule has 2 N–H and O–H groups in total. The first kappa shape index (κ1) is 17.8. The number of hydrogen-bond acceptors (Lipinski definition) is 3. The highest BCUT2D eigenvalue weighted by Gasteiger charge is 2.39. The molecule has 0 spiro atoms. The summed E-state index contributed by atoms with van der Waals surface area (Å²) >= 11 is 0. The normalized spacial score (nSPS) is 23.2. The molecule has 0 aromatic carbocycles. The van der Waals surface area contributed by atoms with Gasteiger partial charge >= 0.3 is 12.0 Å². The van der Waals surface area contributed by atoms with Crippen LogP contribution >= 0.6 is 0 Å². The van der Waals surface area contributed by atoms with E-state index >= 15 is 0 Å². The third-order valence-corrected chi connectivity index (χ3v) is 3.96. The number of urea groups is 1. The molecule has 6 heteroatoms. The number of carboxylic acids is 1. The second kappa shape index (κ2) is 6.64. The zero-order valence-corrected chi connectivity index (χ0v) is 13.9. The van der Waals surface area contributed by atoms with E-state index in [2.05, 4.69) is 24.1 Å². The van der Waals surface area contributed by atoms with Gasteiger partial charge in [0.1, 0.15) is 0 Å². The van der Waals surface area contributed by atoms with Crippen LogP contribution in [0.25, 0.3) is 0 Å². The summed E-state index contributed by atoms with van der Waals surface area (Å²) in [5, 5.41) is 12.2. The minimum atomic E-state index is -0.826. The van der Waals surface area contributed by atoms with Crippen molar-refractivity contribution < 1.29 is 14.7 Å². The number of likely N-dealkylation sites (tertiary alicyclic amines) is 1. The lowest BCUT2D eigenvalue weighted by Gasteiger charge is -2.38. The van der Waals surface area contributed by atoms with Crippen LogP contribution in [0, 0.1) is 10.8 Å². The van der Waals surface area contributed by atoms with Crippen molar-refractivity contribution in [2.24, 2.45) is 10.8 Å². The van der Waals surface area contributed by atoms with E-state index < -0.39 is 11.4 Å². The molecule has 2 amide bonds. The Kier molecular flexibility index (Phi) is 5.61. The first-order valence-electron chi connectivity index (χ1n) is 7.47. The number of aliphatic carboxylic acids is 1. The fourth-order valence-electron chi connectivity index (χ4n) is 2.93. The summed E-state index contributed by atoms with van der Waals surface area (Å²) in [4.78, 5) is 27.3. The zero-order chi connectivity index (χ0) is 16.3. The second-order valence-electron chi connectivity index (χ2n) is 7.45. The Morgan fingerprint density at radius 1 is 1.38 bits per heavy atom. The predicted molar refractivity (Wildman–Crippen MR) is 82.3 cm³/mol. The lowest BCUT2D eigenvalue weighted by molar-refractivity contribution is -0.150. The van der Waals surface area contributed by atoms with Gasteiger partial charge in [-0.05, 0) is 39.3 Å². The van der Waals surface area contributed by atoms with E-state index in [-0.39, 0.29) is 18.0 Å². The predicted octanol–water partition coefficient (Wildman–Crippen LogP) is 1.47. The highest BCUT2D eigenvalue weighted by atomic mass is 16.4. The summed E-state index contributed by atoms with van der Waals surface area (Å²) in [6.07, 6.45) is 1.36. The van der Waals surface area contributed by atoms with Gasteiger partial charge < -0.3 is 20.2 Å². The van der Waals surface area contributed by atoms with Crippen LogP contribution in [0.4, 0.5) is 4.79 Å². The fourth-order valence-corrected chi connectivity index (χ4v) is 2.93. The van der Waals surface area contributed by atoms with Gasteiger partial charge in [0.15, 0.2) is 0 Å². The van der Waals surface area contributed by atoms with Crippen LogP contribution < -0.4 is 5.32 Å². The fraction of sp³-hybridized carbons (Fsp3) is 0.867. The van der Waals surface area contributed by atoms with Crippen molar-refractivity contribution in [2.45, 2.75) is 33.6 Å². The van der Waals surface area contributed by atoms with Crippen molar-refractivity contribution in [3.63, 3.8) is 0 Å². The summed E-state index contributed by atoms with van der Waals surface area (Å²) in [6, 6.07) is -0.158. The van der Waals surface area contributed by atoms with Crippen LogP contribution in [-0.4, -0.2) is 67.2 Å². The number of rotatable bonds is 5. The molecular weight excluding hydrogens is 270 g/mol. The first-order valence-corrected chi connectivity index (χ1v) is 7.47. The van der Waals surface area contributed by atoms with Gasteiger partial charge in [0.05, 0.1) is 5.41 Å². The number of nitrogens with one attached hydrogen (secondary N) is 1. The van der Waals surface area contributed by atoms with Gasteiger partial charge in [-0.2, -0.15) is 0 Å². The van der Waals surface area contributed by atoms with Crippen molar-refractivity contribution >= 4 is 12.0 Å². The van der Waals surface area contributed by atoms with Gasteiger partial charge in [-0.3, -0.25) is 4.79 Å². The minimum Gasteiger partial charge on any atom is -0.481 e. The minimum absolute atomic E-state index is 0.0228. The standard InChI is InChI=1S/C15H29N3O3/c1-14(2,10-17(4)5)9-16-13(21)18-8-6-7-15(3,11-18)12(19)20/h6-11H2,1-5H3,(H,16,21)(H,19,20). The molecular formula is C15H29N3O3. The molecule has 1 rings (SSSR count). The van der Waals surface area contributed by atoms with Gasteiger partial charge in [-0.25, -0.2) is 4.79 Å². The quantitative estimate of drug-likeness (QED) is 0.806. The van der Waals surface area contributed by atoms with Gasteiger partial charge in [-0.15, -0.1) is 0 Å². The molecule has 1 atom stereocenters. The van der Waals surface area contributed by atoms with Gasteiger partial charge in [-0.1, -0.05) is 13.8 Å². The summed E-state index contributed by atoms with van der Waals surface area (Å²) in [5.74, 6) is -0.826. The molecule has 122 valence electrons. The van der Waals surface area contributed by atoms with Crippen molar-refractivity contribution in [3.05, 3.63) is 0 Å². The maximum Gasteiger partial charge on any atom is 0.317 e. The summed E-state index contributed by atoms with van der Waals surface area (Å²) in [7, 11) is 4.01. The molecule has 0 bridgehead atoms. The molecule has 1 aliphatic rings. The summed E-state index contributed by atoms with van der Waals surface area (Å²) in [6.45, 7) is 8.27. The third-order valence-electron chi connectivity index (χ3n) is 3.96. The molecule has 0 aromatic heterocycles. The van der Waals surface area contributed by atoms with Crippen LogP contribution in [0.2, 0.25) is 0 Å². The van der Waals surface area contributed by atoms with Gasteiger partial charge in [0.25, 0.3) is 0 Å². The molecule has 6 nitrogen and oxygen atoms in total. The Morgan fingerprint density at radius 3 is 2.52 bits per heavy atom. The van der Waals surface area contributed by atoms with Crippen molar-refractivity contribution in [3.8, 4) is 0 Å². The maximum absolute atomic E-state index is 12.2. The largest absolute Gasteiger partial charge is 0.481 e. The SMILES string of the molecule is CN(C)CC(C)(C)CNC(=O)N1CCCC(C)(C(=O)O)C1. The van der Waals surface area contributed by atoms with E-state index in [4.69, 9.17) is 0 Å². The van der Waals surface area contributed by atoms with Crippen LogP contribution in [0.1, 0.15) is 33.6 Å². The first-order chi connectivity index (χ1) is 9.56. The van der Waals surface area contributed by atoms with Crippen LogP contribution in [-0.2, 0) is 4.79 Å². The summed E-state index contributed by atoms with van der Waals surface area (Å²) in [5.41, 5.74) is -0.847. The van der Waals surface area contributed by atoms with E-state index in [1.54, 1.807) is 11.8 Å². The van der Waals surface area contributed by atoms with Crippen LogP contribution in [0.15, 0.2) is 0 Å². The van der Waals surface area contributed by atoms with E-state index in [1.807, 2.05) is 14.1 Å². The Bertz CT molecular complexity index is 396. The molecule has 1 saturated heterocycles. The van der Waals surface area contributed by atoms with Crippen molar-refractivity contribution in [1.29, 1.82) is 0 Å². The lowest BCUT2D eigenvalue weighted by Crippen LogP contribution is -2.53. The number of carbonyl (C=O) groups is 2. The van der Waals surface area contributed by atoms with E-state index in [1.165, 1.54) is 0 Å². The molecule has 0 aliphatic carbocycles. The Labute approximate surface area is 127 Å². The highest BCUT2D eigenvalue weighted by molar-refractivity contribution is 5.78. The zero-order valence-electron chi connectivity index (χ0n) is 13.9. The molecule has 1 fully saturated rings. The average molecular weight is 299 g/mol. The Morgan fingerprint density at radius 2 is 2.00 bits per heavy atom.